The van der Waals surface area contributed by atoms with E-state index in [0.717, 1.165) is 37.3 Å². The third kappa shape index (κ3) is 4.85. The van der Waals surface area contributed by atoms with Crippen molar-refractivity contribution < 1.29 is 13.2 Å². The number of sulfonamides is 1. The van der Waals surface area contributed by atoms with Gasteiger partial charge in [-0.15, -0.1) is 0 Å². The number of imidazole rings is 1. The van der Waals surface area contributed by atoms with Crippen molar-refractivity contribution in [3.8, 4) is 0 Å². The van der Waals surface area contributed by atoms with Crippen LogP contribution in [0, 0.1) is 5.92 Å². The van der Waals surface area contributed by atoms with Crippen LogP contribution in [0.15, 0.2) is 59.9 Å². The molecule has 0 aliphatic carbocycles. The summed E-state index contributed by atoms with van der Waals surface area (Å²) in [5, 5.41) is 2.87. The number of nitrogens with zero attached hydrogens (tertiary/aromatic N) is 4. The van der Waals surface area contributed by atoms with E-state index < -0.39 is 10.0 Å². The predicted molar refractivity (Wildman–Crippen MR) is 123 cm³/mol. The van der Waals surface area contributed by atoms with Gasteiger partial charge in [0.15, 0.2) is 0 Å². The number of rotatable bonds is 8. The standard InChI is InChI=1S/C23H29N5O3S/c1-3-27-12-10-19(16-27)15-26(2)32(30,31)21-7-4-18(5-8-21)14-25-23(29)20-6-9-22-24-11-13-28(22)17-20/h4-9,11,13,17,19H,3,10,12,14-16H2,1-2H3,(H,25,29). The van der Waals surface area contributed by atoms with Crippen LogP contribution in [-0.4, -0.2) is 66.1 Å². The number of hydrogen-bond acceptors (Lipinski definition) is 5. The van der Waals surface area contributed by atoms with Crippen molar-refractivity contribution in [2.24, 2.45) is 5.92 Å². The molecule has 1 aromatic carbocycles. The summed E-state index contributed by atoms with van der Waals surface area (Å²) >= 11 is 0. The third-order valence-electron chi connectivity index (χ3n) is 6.07. The molecule has 1 fully saturated rings. The van der Waals surface area contributed by atoms with Crippen LogP contribution >= 0.6 is 0 Å². The monoisotopic (exact) mass is 455 g/mol. The van der Waals surface area contributed by atoms with E-state index >= 15 is 0 Å². The molecule has 8 nitrogen and oxygen atoms in total. The fourth-order valence-electron chi connectivity index (χ4n) is 4.11. The molecular formula is C23H29N5O3S. The second-order valence-electron chi connectivity index (χ2n) is 8.27. The summed E-state index contributed by atoms with van der Waals surface area (Å²) in [6.07, 6.45) is 6.22. The lowest BCUT2D eigenvalue weighted by Crippen LogP contribution is -2.33. The Balaban J connectivity index is 1.35. The number of fused-ring (bicyclic) bond motifs is 1. The van der Waals surface area contributed by atoms with Crippen molar-refractivity contribution in [2.75, 3.05) is 33.2 Å². The maximum Gasteiger partial charge on any atom is 0.253 e. The van der Waals surface area contributed by atoms with Gasteiger partial charge in [0.05, 0.1) is 10.5 Å². The minimum absolute atomic E-state index is 0.199. The summed E-state index contributed by atoms with van der Waals surface area (Å²) < 4.78 is 29.2. The zero-order valence-corrected chi connectivity index (χ0v) is 19.3. The predicted octanol–water partition coefficient (Wildman–Crippen LogP) is 2.23. The Morgan fingerprint density at radius 3 is 2.72 bits per heavy atom. The van der Waals surface area contributed by atoms with Crippen molar-refractivity contribution in [2.45, 2.75) is 24.8 Å². The summed E-state index contributed by atoms with van der Waals surface area (Å²) in [4.78, 5) is 19.2. The summed E-state index contributed by atoms with van der Waals surface area (Å²) in [6.45, 7) is 5.95. The second kappa shape index (κ2) is 9.40. The van der Waals surface area contributed by atoms with Crippen LogP contribution in [0.4, 0.5) is 0 Å². The Kier molecular flexibility index (Phi) is 6.59. The van der Waals surface area contributed by atoms with Crippen LogP contribution in [0.1, 0.15) is 29.3 Å². The number of pyridine rings is 1. The molecule has 170 valence electrons. The average Bonchev–Trinajstić information content (AvgIpc) is 3.46. The van der Waals surface area contributed by atoms with Gasteiger partial charge >= 0.3 is 0 Å². The molecule has 3 aromatic rings. The molecule has 1 aliphatic heterocycles. The van der Waals surface area contributed by atoms with Crippen molar-refractivity contribution in [3.05, 3.63) is 66.1 Å². The van der Waals surface area contributed by atoms with Crippen molar-refractivity contribution in [1.29, 1.82) is 0 Å². The SMILES string of the molecule is CCN1CCC(CN(C)S(=O)(=O)c2ccc(CNC(=O)c3ccc4nccn4c3)cc2)C1. The highest BCUT2D eigenvalue weighted by Crippen LogP contribution is 2.21. The van der Waals surface area contributed by atoms with E-state index in [1.807, 2.05) is 0 Å². The zero-order valence-electron chi connectivity index (χ0n) is 18.4. The van der Waals surface area contributed by atoms with Gasteiger partial charge in [-0.2, -0.15) is 0 Å². The van der Waals surface area contributed by atoms with E-state index in [4.69, 9.17) is 0 Å². The Morgan fingerprint density at radius 1 is 1.22 bits per heavy atom. The van der Waals surface area contributed by atoms with E-state index in [2.05, 4.69) is 22.1 Å². The fourth-order valence-corrected chi connectivity index (χ4v) is 5.36. The van der Waals surface area contributed by atoms with Crippen LogP contribution in [0.3, 0.4) is 0 Å². The number of benzene rings is 1. The molecule has 1 unspecified atom stereocenters. The Morgan fingerprint density at radius 2 is 2.00 bits per heavy atom. The number of carbonyl (C=O) groups is 1. The number of amides is 1. The summed E-state index contributed by atoms with van der Waals surface area (Å²) in [6, 6.07) is 10.2. The first-order valence-electron chi connectivity index (χ1n) is 10.9. The zero-order chi connectivity index (χ0) is 22.7. The number of carbonyl (C=O) groups excluding carboxylic acids is 1. The van der Waals surface area contributed by atoms with Crippen molar-refractivity contribution >= 4 is 21.6 Å². The van der Waals surface area contributed by atoms with Gasteiger partial charge in [0.1, 0.15) is 5.65 Å². The van der Waals surface area contributed by atoms with Gasteiger partial charge in [-0.25, -0.2) is 17.7 Å². The van der Waals surface area contributed by atoms with Crippen LogP contribution in [0.25, 0.3) is 5.65 Å². The van der Waals surface area contributed by atoms with Gasteiger partial charge < -0.3 is 14.6 Å². The Bertz CT molecular complexity index is 1190. The van der Waals surface area contributed by atoms with Crippen LogP contribution < -0.4 is 5.32 Å². The normalized spacial score (nSPS) is 17.3. The Hall–Kier alpha value is -2.75. The van der Waals surface area contributed by atoms with Crippen LogP contribution in [-0.2, 0) is 16.6 Å². The summed E-state index contributed by atoms with van der Waals surface area (Å²) in [7, 11) is -1.89. The quantitative estimate of drug-likeness (QED) is 0.563. The Labute approximate surface area is 188 Å². The molecule has 1 aliphatic rings. The van der Waals surface area contributed by atoms with Gasteiger partial charge in [0, 0.05) is 45.3 Å². The lowest BCUT2D eigenvalue weighted by atomic mass is 10.1. The van der Waals surface area contributed by atoms with E-state index in [1.165, 1.54) is 4.31 Å². The second-order valence-corrected chi connectivity index (χ2v) is 10.3. The minimum atomic E-state index is -3.54. The smallest absolute Gasteiger partial charge is 0.253 e. The first-order valence-corrected chi connectivity index (χ1v) is 12.3. The topological polar surface area (TPSA) is 87.0 Å². The van der Waals surface area contributed by atoms with Crippen molar-refractivity contribution in [1.82, 2.24) is 23.9 Å². The minimum Gasteiger partial charge on any atom is -0.348 e. The van der Waals surface area contributed by atoms with E-state index in [9.17, 15) is 13.2 Å². The van der Waals surface area contributed by atoms with Gasteiger partial charge in [0.25, 0.3) is 5.91 Å². The molecule has 1 saturated heterocycles. The molecule has 0 bridgehead atoms. The van der Waals surface area contributed by atoms with Gasteiger partial charge in [-0.1, -0.05) is 19.1 Å². The molecule has 0 spiro atoms. The third-order valence-corrected chi connectivity index (χ3v) is 7.91. The highest BCUT2D eigenvalue weighted by atomic mass is 32.2. The molecule has 1 atom stereocenters. The molecule has 0 radical (unpaired) electrons. The molecule has 1 N–H and O–H groups in total. The van der Waals surface area contributed by atoms with E-state index in [0.29, 0.717) is 24.6 Å². The molecule has 1 amide bonds. The molecule has 0 saturated carbocycles. The summed E-state index contributed by atoms with van der Waals surface area (Å²) in [5.41, 5.74) is 2.14. The first kappa shape index (κ1) is 22.4. The largest absolute Gasteiger partial charge is 0.348 e. The first-order chi connectivity index (χ1) is 15.4. The van der Waals surface area contributed by atoms with Crippen LogP contribution in [0.5, 0.6) is 0 Å². The highest BCUT2D eigenvalue weighted by Gasteiger charge is 2.27. The van der Waals surface area contributed by atoms with Gasteiger partial charge in [0.2, 0.25) is 10.0 Å². The fraction of sp³-hybridized carbons (Fsp3) is 0.391. The van der Waals surface area contributed by atoms with E-state index in [-0.39, 0.29) is 10.8 Å². The molecule has 9 heteroatoms. The molecular weight excluding hydrogens is 426 g/mol. The number of nitrogens with one attached hydrogen (secondary N) is 1. The number of likely N-dealkylation sites (tertiary alicyclic amines) is 1. The number of hydrogen-bond donors (Lipinski definition) is 1. The molecule has 3 heterocycles. The lowest BCUT2D eigenvalue weighted by molar-refractivity contribution is 0.0950. The van der Waals surface area contributed by atoms with Crippen molar-refractivity contribution in [3.63, 3.8) is 0 Å². The lowest BCUT2D eigenvalue weighted by Gasteiger charge is -2.21. The molecule has 4 rings (SSSR count). The maximum absolute atomic E-state index is 13.0. The number of aromatic nitrogens is 2. The van der Waals surface area contributed by atoms with E-state index in [1.54, 1.807) is 66.4 Å². The van der Waals surface area contributed by atoms with Gasteiger partial charge in [-0.3, -0.25) is 4.79 Å². The van der Waals surface area contributed by atoms with Crippen LogP contribution in [0.2, 0.25) is 0 Å². The summed E-state index contributed by atoms with van der Waals surface area (Å²) in [5.74, 6) is 0.167. The molecule has 2 aromatic heterocycles. The average molecular weight is 456 g/mol. The highest BCUT2D eigenvalue weighted by molar-refractivity contribution is 7.89. The maximum atomic E-state index is 13.0. The molecule has 32 heavy (non-hydrogen) atoms. The van der Waals surface area contributed by atoms with Gasteiger partial charge in [-0.05, 0) is 55.3 Å².